The highest BCUT2D eigenvalue weighted by molar-refractivity contribution is 5.79. The van der Waals surface area contributed by atoms with Crippen molar-refractivity contribution in [3.8, 4) is 0 Å². The number of rotatable bonds is 9. The summed E-state index contributed by atoms with van der Waals surface area (Å²) in [6.45, 7) is 19.6. The average Bonchev–Trinajstić information content (AvgIpc) is 2.61. The molecule has 0 aromatic heterocycles. The highest BCUT2D eigenvalue weighted by atomic mass is 16.6. The number of guanidine groups is 1. The fourth-order valence-corrected chi connectivity index (χ4v) is 3.23. The van der Waals surface area contributed by atoms with Crippen molar-refractivity contribution in [2.45, 2.75) is 59.6 Å². The van der Waals surface area contributed by atoms with Crippen molar-refractivity contribution >= 4 is 12.1 Å². The predicted molar refractivity (Wildman–Crippen MR) is 121 cm³/mol. The average molecular weight is 413 g/mol. The zero-order valence-corrected chi connectivity index (χ0v) is 19.7. The third kappa shape index (κ3) is 11.3. The molecule has 1 fully saturated rings. The van der Waals surface area contributed by atoms with E-state index in [0.717, 1.165) is 58.2 Å². The van der Waals surface area contributed by atoms with Crippen LogP contribution in [0.3, 0.4) is 0 Å². The summed E-state index contributed by atoms with van der Waals surface area (Å²) >= 11 is 0. The maximum atomic E-state index is 11.7. The zero-order chi connectivity index (χ0) is 21.9. The van der Waals surface area contributed by atoms with Crippen molar-refractivity contribution in [1.29, 1.82) is 0 Å². The smallest absolute Gasteiger partial charge is 0.407 e. The Bertz CT molecular complexity index is 496. The first-order valence-corrected chi connectivity index (χ1v) is 11.0. The molecule has 1 atom stereocenters. The molecule has 0 aromatic rings. The molecule has 0 aromatic carbocycles. The van der Waals surface area contributed by atoms with Gasteiger partial charge in [0.2, 0.25) is 0 Å². The van der Waals surface area contributed by atoms with Gasteiger partial charge in [-0.25, -0.2) is 4.79 Å². The fraction of sp³-hybridized carbons (Fsp3) is 0.905. The van der Waals surface area contributed by atoms with Crippen LogP contribution in [0.15, 0.2) is 4.99 Å². The number of nitrogens with zero attached hydrogens (tertiary/aromatic N) is 3. The second-order valence-electron chi connectivity index (χ2n) is 9.08. The van der Waals surface area contributed by atoms with E-state index in [1.165, 1.54) is 0 Å². The Morgan fingerprint density at radius 3 is 2.24 bits per heavy atom. The summed E-state index contributed by atoms with van der Waals surface area (Å²) < 4.78 is 5.24. The summed E-state index contributed by atoms with van der Waals surface area (Å²) in [5.41, 5.74) is -0.468. The Labute approximate surface area is 177 Å². The minimum atomic E-state index is -0.468. The molecule has 1 heterocycles. The standard InChI is InChI=1S/C21H44N6O2/c1-8-22-19(23-10-9-11-24-20(28)29-21(4,5)6)25-16-18(17(2)3)27-14-12-26(7)13-15-27/h17-18H,8-16H2,1-7H3,(H,24,28)(H2,22,23,25). The highest BCUT2D eigenvalue weighted by Crippen LogP contribution is 2.14. The Morgan fingerprint density at radius 1 is 1.07 bits per heavy atom. The predicted octanol–water partition coefficient (Wildman–Crippen LogP) is 1.73. The van der Waals surface area contributed by atoms with Crippen LogP contribution in [0.25, 0.3) is 0 Å². The van der Waals surface area contributed by atoms with E-state index < -0.39 is 5.60 Å². The van der Waals surface area contributed by atoms with Crippen LogP contribution in [0.4, 0.5) is 4.79 Å². The largest absolute Gasteiger partial charge is 0.444 e. The fourth-order valence-electron chi connectivity index (χ4n) is 3.23. The van der Waals surface area contributed by atoms with Crippen LogP contribution in [-0.4, -0.2) is 92.9 Å². The number of likely N-dealkylation sites (N-methyl/N-ethyl adjacent to an activating group) is 1. The molecule has 8 heteroatoms. The van der Waals surface area contributed by atoms with Gasteiger partial charge in [-0.2, -0.15) is 0 Å². The zero-order valence-electron chi connectivity index (χ0n) is 19.7. The van der Waals surface area contributed by atoms with Gasteiger partial charge in [-0.1, -0.05) is 13.8 Å². The molecule has 1 unspecified atom stereocenters. The summed E-state index contributed by atoms with van der Waals surface area (Å²) in [7, 11) is 2.19. The molecule has 0 bridgehead atoms. The van der Waals surface area contributed by atoms with Gasteiger partial charge in [0.1, 0.15) is 5.60 Å². The molecule has 1 saturated heterocycles. The minimum absolute atomic E-state index is 0.370. The molecule has 0 spiro atoms. The van der Waals surface area contributed by atoms with Crippen molar-refractivity contribution < 1.29 is 9.53 Å². The van der Waals surface area contributed by atoms with Crippen LogP contribution in [0.5, 0.6) is 0 Å². The third-order valence-electron chi connectivity index (χ3n) is 4.87. The maximum absolute atomic E-state index is 11.7. The molecule has 1 rings (SSSR count). The lowest BCUT2D eigenvalue weighted by Gasteiger charge is -2.39. The van der Waals surface area contributed by atoms with E-state index in [2.05, 4.69) is 53.6 Å². The van der Waals surface area contributed by atoms with Gasteiger partial charge in [0.05, 0.1) is 6.54 Å². The lowest BCUT2D eigenvalue weighted by Crippen LogP contribution is -2.52. The molecule has 1 aliphatic heterocycles. The molecule has 1 aliphatic rings. The topological polar surface area (TPSA) is 81.2 Å². The number of carbonyl (C=O) groups is 1. The number of piperazine rings is 1. The van der Waals surface area contributed by atoms with E-state index in [4.69, 9.17) is 9.73 Å². The molecular weight excluding hydrogens is 368 g/mol. The van der Waals surface area contributed by atoms with Gasteiger partial charge >= 0.3 is 6.09 Å². The van der Waals surface area contributed by atoms with Crippen molar-refractivity contribution in [3.63, 3.8) is 0 Å². The molecule has 1 amide bonds. The summed E-state index contributed by atoms with van der Waals surface area (Å²) in [5, 5.41) is 9.47. The second-order valence-corrected chi connectivity index (χ2v) is 9.08. The lowest BCUT2D eigenvalue weighted by atomic mass is 10.0. The number of carbonyl (C=O) groups excluding carboxylic acids is 1. The lowest BCUT2D eigenvalue weighted by molar-refractivity contribution is 0.0527. The summed E-state index contributed by atoms with van der Waals surface area (Å²) in [5.74, 6) is 1.40. The van der Waals surface area contributed by atoms with Gasteiger partial charge in [-0.3, -0.25) is 9.89 Å². The quantitative estimate of drug-likeness (QED) is 0.304. The molecule has 0 saturated carbocycles. The van der Waals surface area contributed by atoms with E-state index in [9.17, 15) is 4.79 Å². The van der Waals surface area contributed by atoms with Gasteiger partial charge in [-0.15, -0.1) is 0 Å². The van der Waals surface area contributed by atoms with Crippen LogP contribution in [0, 0.1) is 5.92 Å². The first-order valence-electron chi connectivity index (χ1n) is 11.0. The van der Waals surface area contributed by atoms with E-state index in [1.54, 1.807) is 0 Å². The number of nitrogens with one attached hydrogen (secondary N) is 3. The number of amides is 1. The third-order valence-corrected chi connectivity index (χ3v) is 4.87. The maximum Gasteiger partial charge on any atom is 0.407 e. The molecule has 29 heavy (non-hydrogen) atoms. The molecule has 170 valence electrons. The first kappa shape index (κ1) is 25.5. The van der Waals surface area contributed by atoms with E-state index >= 15 is 0 Å². The number of hydrogen-bond acceptors (Lipinski definition) is 5. The van der Waals surface area contributed by atoms with Crippen molar-refractivity contribution in [3.05, 3.63) is 0 Å². The summed E-state index contributed by atoms with van der Waals surface area (Å²) in [6.07, 6.45) is 0.431. The summed E-state index contributed by atoms with van der Waals surface area (Å²) in [4.78, 5) is 21.5. The van der Waals surface area contributed by atoms with E-state index in [0.29, 0.717) is 18.5 Å². The van der Waals surface area contributed by atoms with Crippen LogP contribution >= 0.6 is 0 Å². The number of hydrogen-bond donors (Lipinski definition) is 3. The Hall–Kier alpha value is -1.54. The number of alkyl carbamates (subject to hydrolysis) is 1. The number of aliphatic imine (C=N–C) groups is 1. The van der Waals surface area contributed by atoms with Gasteiger partial charge in [0, 0.05) is 51.9 Å². The van der Waals surface area contributed by atoms with Gasteiger partial charge in [-0.05, 0) is 47.1 Å². The SMILES string of the molecule is CCNC(=NCC(C(C)C)N1CCN(C)CC1)NCCCNC(=O)OC(C)(C)C. The molecular formula is C21H44N6O2. The highest BCUT2D eigenvalue weighted by Gasteiger charge is 2.24. The van der Waals surface area contributed by atoms with Crippen molar-refractivity contribution in [2.75, 3.05) is 59.4 Å². The molecule has 8 nitrogen and oxygen atoms in total. The van der Waals surface area contributed by atoms with Crippen LogP contribution in [0.1, 0.15) is 48.0 Å². The molecule has 0 radical (unpaired) electrons. The second kappa shape index (κ2) is 12.9. The minimum Gasteiger partial charge on any atom is -0.444 e. The van der Waals surface area contributed by atoms with Gasteiger partial charge < -0.3 is 25.6 Å². The number of ether oxygens (including phenoxy) is 1. The Balaban J connectivity index is 2.43. The van der Waals surface area contributed by atoms with Gasteiger partial charge in [0.25, 0.3) is 0 Å². The van der Waals surface area contributed by atoms with Crippen molar-refractivity contribution in [2.24, 2.45) is 10.9 Å². The Kier molecular flexibility index (Phi) is 11.3. The molecule has 3 N–H and O–H groups in total. The first-order chi connectivity index (χ1) is 13.6. The Morgan fingerprint density at radius 2 is 1.69 bits per heavy atom. The van der Waals surface area contributed by atoms with Crippen LogP contribution < -0.4 is 16.0 Å². The van der Waals surface area contributed by atoms with Gasteiger partial charge in [0.15, 0.2) is 5.96 Å². The van der Waals surface area contributed by atoms with Crippen molar-refractivity contribution in [1.82, 2.24) is 25.8 Å². The summed E-state index contributed by atoms with van der Waals surface area (Å²) in [6, 6.07) is 0.452. The van der Waals surface area contributed by atoms with Crippen LogP contribution in [0.2, 0.25) is 0 Å². The van der Waals surface area contributed by atoms with E-state index in [-0.39, 0.29) is 6.09 Å². The normalized spacial score (nSPS) is 17.9. The van der Waals surface area contributed by atoms with E-state index in [1.807, 2.05) is 20.8 Å². The molecule has 0 aliphatic carbocycles. The van der Waals surface area contributed by atoms with Crippen LogP contribution in [-0.2, 0) is 4.74 Å². The monoisotopic (exact) mass is 412 g/mol.